The smallest absolute Gasteiger partial charge is 0.170 e. The number of Topliss-reactive ketones (excluding diaryl/α,β-unsaturated/α-hetero) is 1. The predicted molar refractivity (Wildman–Crippen MR) is 81.9 cm³/mol. The van der Waals surface area contributed by atoms with Crippen LogP contribution >= 0.6 is 0 Å². The lowest BCUT2D eigenvalue weighted by Crippen LogP contribution is -2.20. The Morgan fingerprint density at radius 1 is 0.850 bits per heavy atom. The second kappa shape index (κ2) is 6.04. The highest BCUT2D eigenvalue weighted by Crippen LogP contribution is 2.39. The molecule has 0 aromatic heterocycles. The van der Waals surface area contributed by atoms with Crippen molar-refractivity contribution in [3.05, 3.63) is 71.8 Å². The first kappa shape index (κ1) is 13.1. The van der Waals surface area contributed by atoms with Crippen molar-refractivity contribution < 1.29 is 4.79 Å². The molecule has 0 spiro atoms. The van der Waals surface area contributed by atoms with Crippen LogP contribution in [0.15, 0.2) is 60.7 Å². The van der Waals surface area contributed by atoms with Crippen LogP contribution in [0.5, 0.6) is 0 Å². The van der Waals surface area contributed by atoms with E-state index in [1.807, 2.05) is 48.5 Å². The van der Waals surface area contributed by atoms with E-state index >= 15 is 0 Å². The molecule has 2 aromatic rings. The van der Waals surface area contributed by atoms with Crippen LogP contribution in [-0.2, 0) is 0 Å². The maximum Gasteiger partial charge on any atom is 0.170 e. The van der Waals surface area contributed by atoms with E-state index in [-0.39, 0.29) is 11.7 Å². The molecular formula is C19H20O. The van der Waals surface area contributed by atoms with Crippen molar-refractivity contribution in [2.24, 2.45) is 5.92 Å². The van der Waals surface area contributed by atoms with Crippen LogP contribution < -0.4 is 0 Å². The number of ketones is 1. The predicted octanol–water partition coefficient (Wildman–Crippen LogP) is 4.84. The maximum atomic E-state index is 12.9. The van der Waals surface area contributed by atoms with E-state index < -0.39 is 0 Å². The minimum absolute atomic E-state index is 0.0288. The lowest BCUT2D eigenvalue weighted by Gasteiger charge is -2.22. The van der Waals surface area contributed by atoms with Gasteiger partial charge in [-0.2, -0.15) is 0 Å². The largest absolute Gasteiger partial charge is 0.293 e. The van der Waals surface area contributed by atoms with Gasteiger partial charge in [0.1, 0.15) is 0 Å². The standard InChI is InChI=1S/C19H20O/c20-19(17-13-5-2-6-14-17)18(16-11-7-8-12-16)15-9-3-1-4-10-15/h1-6,9-10,13-14,16,18H,7-8,11-12H2. The molecular weight excluding hydrogens is 244 g/mol. The molecule has 1 nitrogen and oxygen atoms in total. The summed E-state index contributed by atoms with van der Waals surface area (Å²) >= 11 is 0. The first-order valence-electron chi connectivity index (χ1n) is 7.50. The molecule has 2 aromatic carbocycles. The number of rotatable bonds is 4. The van der Waals surface area contributed by atoms with Gasteiger partial charge in [0.05, 0.1) is 5.92 Å². The van der Waals surface area contributed by atoms with E-state index in [1.54, 1.807) is 0 Å². The molecule has 0 saturated heterocycles. The molecule has 0 N–H and O–H groups in total. The van der Waals surface area contributed by atoms with Crippen LogP contribution in [0.4, 0.5) is 0 Å². The Morgan fingerprint density at radius 3 is 2.00 bits per heavy atom. The zero-order chi connectivity index (χ0) is 13.8. The Kier molecular flexibility index (Phi) is 3.96. The molecule has 20 heavy (non-hydrogen) atoms. The first-order chi connectivity index (χ1) is 9.86. The average Bonchev–Trinajstić information content (AvgIpc) is 3.03. The van der Waals surface area contributed by atoms with Gasteiger partial charge in [0, 0.05) is 5.56 Å². The van der Waals surface area contributed by atoms with E-state index in [1.165, 1.54) is 31.2 Å². The summed E-state index contributed by atoms with van der Waals surface area (Å²) in [5.74, 6) is 0.815. The second-order valence-electron chi connectivity index (χ2n) is 5.66. The summed E-state index contributed by atoms with van der Waals surface area (Å²) in [6, 6.07) is 20.0. The zero-order valence-electron chi connectivity index (χ0n) is 11.7. The van der Waals surface area contributed by atoms with Gasteiger partial charge in [-0.3, -0.25) is 4.79 Å². The molecule has 1 fully saturated rings. The fourth-order valence-electron chi connectivity index (χ4n) is 3.37. The van der Waals surface area contributed by atoms with Crippen LogP contribution in [0, 0.1) is 5.92 Å². The highest BCUT2D eigenvalue weighted by Gasteiger charge is 2.32. The van der Waals surface area contributed by atoms with Gasteiger partial charge in [-0.15, -0.1) is 0 Å². The molecule has 1 unspecified atom stereocenters. The Labute approximate surface area is 120 Å². The highest BCUT2D eigenvalue weighted by atomic mass is 16.1. The van der Waals surface area contributed by atoms with Crippen molar-refractivity contribution in [2.75, 3.05) is 0 Å². The van der Waals surface area contributed by atoms with Crippen molar-refractivity contribution in [3.8, 4) is 0 Å². The number of hydrogen-bond acceptors (Lipinski definition) is 1. The minimum atomic E-state index is 0.0288. The van der Waals surface area contributed by atoms with Crippen LogP contribution in [0.1, 0.15) is 47.5 Å². The summed E-state index contributed by atoms with van der Waals surface area (Å²) in [5, 5.41) is 0. The zero-order valence-corrected chi connectivity index (χ0v) is 11.7. The first-order valence-corrected chi connectivity index (χ1v) is 7.50. The van der Waals surface area contributed by atoms with Gasteiger partial charge in [-0.05, 0) is 24.3 Å². The summed E-state index contributed by atoms with van der Waals surface area (Å²) in [7, 11) is 0. The summed E-state index contributed by atoms with van der Waals surface area (Å²) in [6.45, 7) is 0. The van der Waals surface area contributed by atoms with E-state index in [2.05, 4.69) is 12.1 Å². The third kappa shape index (κ3) is 2.67. The number of hydrogen-bond donors (Lipinski definition) is 0. The van der Waals surface area contributed by atoms with E-state index in [9.17, 15) is 4.79 Å². The van der Waals surface area contributed by atoms with Crippen molar-refractivity contribution >= 4 is 5.78 Å². The Bertz CT molecular complexity index is 553. The molecule has 0 bridgehead atoms. The highest BCUT2D eigenvalue weighted by molar-refractivity contribution is 6.01. The van der Waals surface area contributed by atoms with Crippen molar-refractivity contribution in [3.63, 3.8) is 0 Å². The molecule has 3 rings (SSSR count). The van der Waals surface area contributed by atoms with Crippen LogP contribution in [-0.4, -0.2) is 5.78 Å². The summed E-state index contributed by atoms with van der Waals surface area (Å²) in [4.78, 5) is 12.9. The van der Waals surface area contributed by atoms with Crippen molar-refractivity contribution in [1.82, 2.24) is 0 Å². The average molecular weight is 264 g/mol. The topological polar surface area (TPSA) is 17.1 Å². The van der Waals surface area contributed by atoms with Crippen molar-refractivity contribution in [2.45, 2.75) is 31.6 Å². The number of carbonyl (C=O) groups is 1. The fourth-order valence-corrected chi connectivity index (χ4v) is 3.37. The Morgan fingerprint density at radius 2 is 1.40 bits per heavy atom. The molecule has 1 aliphatic rings. The van der Waals surface area contributed by atoms with Gasteiger partial charge >= 0.3 is 0 Å². The van der Waals surface area contributed by atoms with Gasteiger partial charge in [0.15, 0.2) is 5.78 Å². The summed E-state index contributed by atoms with van der Waals surface area (Å²) in [6.07, 6.45) is 4.88. The van der Waals surface area contributed by atoms with Crippen molar-refractivity contribution in [1.29, 1.82) is 0 Å². The second-order valence-corrected chi connectivity index (χ2v) is 5.66. The molecule has 0 heterocycles. The number of benzene rings is 2. The van der Waals surface area contributed by atoms with Crippen LogP contribution in [0.2, 0.25) is 0 Å². The van der Waals surface area contributed by atoms with Gasteiger partial charge in [-0.1, -0.05) is 73.5 Å². The SMILES string of the molecule is O=C(c1ccccc1)C(c1ccccc1)C1CCCC1. The third-order valence-corrected chi connectivity index (χ3v) is 4.37. The van der Waals surface area contributed by atoms with Gasteiger partial charge in [0.2, 0.25) is 0 Å². The Balaban J connectivity index is 1.95. The van der Waals surface area contributed by atoms with Gasteiger partial charge < -0.3 is 0 Å². The minimum Gasteiger partial charge on any atom is -0.293 e. The normalized spacial score (nSPS) is 17.0. The third-order valence-electron chi connectivity index (χ3n) is 4.37. The molecule has 0 amide bonds. The molecule has 1 atom stereocenters. The quantitative estimate of drug-likeness (QED) is 0.722. The molecule has 1 saturated carbocycles. The fraction of sp³-hybridized carbons (Fsp3) is 0.316. The number of carbonyl (C=O) groups excluding carboxylic acids is 1. The van der Waals surface area contributed by atoms with E-state index in [0.29, 0.717) is 5.92 Å². The van der Waals surface area contributed by atoms with Crippen LogP contribution in [0.25, 0.3) is 0 Å². The molecule has 1 aliphatic carbocycles. The monoisotopic (exact) mass is 264 g/mol. The molecule has 1 heteroatoms. The lowest BCUT2D eigenvalue weighted by atomic mass is 9.80. The molecule has 0 radical (unpaired) electrons. The van der Waals surface area contributed by atoms with Gasteiger partial charge in [0.25, 0.3) is 0 Å². The lowest BCUT2D eigenvalue weighted by molar-refractivity contribution is 0.0930. The molecule has 0 aliphatic heterocycles. The van der Waals surface area contributed by atoms with E-state index in [4.69, 9.17) is 0 Å². The molecule has 102 valence electrons. The van der Waals surface area contributed by atoms with Crippen LogP contribution in [0.3, 0.4) is 0 Å². The Hall–Kier alpha value is -1.89. The van der Waals surface area contributed by atoms with Gasteiger partial charge in [-0.25, -0.2) is 0 Å². The maximum absolute atomic E-state index is 12.9. The summed E-state index contributed by atoms with van der Waals surface area (Å²) < 4.78 is 0. The summed E-state index contributed by atoms with van der Waals surface area (Å²) in [5.41, 5.74) is 2.02. The van der Waals surface area contributed by atoms with E-state index in [0.717, 1.165) is 5.56 Å².